The molecule has 0 radical (unpaired) electrons. The molecule has 0 atom stereocenters. The summed E-state index contributed by atoms with van der Waals surface area (Å²) in [5.74, 6) is 2.45. The molecule has 1 aliphatic heterocycles. The molecule has 1 saturated carbocycles. The van der Waals surface area contributed by atoms with Crippen LogP contribution in [0.2, 0.25) is 0 Å². The molecule has 2 fully saturated rings. The molecule has 1 aliphatic carbocycles. The quantitative estimate of drug-likeness (QED) is 0.300. The smallest absolute Gasteiger partial charge is 0.410 e. The maximum absolute atomic E-state index is 12.5. The number of hydrogen-bond donors (Lipinski definition) is 1. The summed E-state index contributed by atoms with van der Waals surface area (Å²) < 4.78 is 13.6. The van der Waals surface area contributed by atoms with Gasteiger partial charge in [0.25, 0.3) is 0 Å². The van der Waals surface area contributed by atoms with Gasteiger partial charge in [-0.1, -0.05) is 30.3 Å². The molecule has 1 amide bonds. The van der Waals surface area contributed by atoms with Crippen LogP contribution in [0.4, 0.5) is 10.6 Å². The van der Waals surface area contributed by atoms with Crippen LogP contribution in [0.15, 0.2) is 67.0 Å². The SMILES string of the molecule is CC(C)(C)OC(=O)N1CCN(C2CCC(c3cc(-c4ccc(Oc5ccccc5)cc4)c4c(N)ncnn34)CC2)CC1. The summed E-state index contributed by atoms with van der Waals surface area (Å²) in [5, 5.41) is 4.64. The van der Waals surface area contributed by atoms with E-state index in [1.165, 1.54) is 5.69 Å². The van der Waals surface area contributed by atoms with Crippen LogP contribution in [-0.2, 0) is 4.74 Å². The third-order valence-corrected chi connectivity index (χ3v) is 8.35. The zero-order valence-electron chi connectivity index (χ0n) is 24.7. The van der Waals surface area contributed by atoms with Crippen LogP contribution in [-0.4, -0.2) is 68.3 Å². The maximum atomic E-state index is 12.5. The van der Waals surface area contributed by atoms with E-state index >= 15 is 0 Å². The van der Waals surface area contributed by atoms with E-state index < -0.39 is 5.60 Å². The highest BCUT2D eigenvalue weighted by molar-refractivity contribution is 5.88. The molecule has 9 heteroatoms. The van der Waals surface area contributed by atoms with Crippen molar-refractivity contribution in [1.29, 1.82) is 0 Å². The van der Waals surface area contributed by atoms with Gasteiger partial charge in [-0.15, -0.1) is 0 Å². The molecule has 0 bridgehead atoms. The Bertz CT molecular complexity index is 1510. The standard InChI is InChI=1S/C33H40N6O3/c1-33(2,3)42-32(40)38-19-17-37(18-20-38)25-13-9-24(10-14-25)29-21-28(30-31(34)35-22-36-39(29)30)23-11-15-27(16-12-23)41-26-7-5-4-6-8-26/h4-8,11-12,15-16,21-22,24-25H,9-10,13-14,17-20H2,1-3H3,(H2,34,35,36). The van der Waals surface area contributed by atoms with Crippen LogP contribution >= 0.6 is 0 Å². The number of benzene rings is 2. The largest absolute Gasteiger partial charge is 0.457 e. The number of aromatic nitrogens is 3. The number of fused-ring (bicyclic) bond motifs is 1. The zero-order valence-corrected chi connectivity index (χ0v) is 24.7. The number of para-hydroxylation sites is 1. The molecular formula is C33H40N6O3. The van der Waals surface area contributed by atoms with Gasteiger partial charge in [-0.25, -0.2) is 14.3 Å². The predicted molar refractivity (Wildman–Crippen MR) is 164 cm³/mol. The fourth-order valence-corrected chi connectivity index (χ4v) is 6.26. The second kappa shape index (κ2) is 11.6. The topological polar surface area (TPSA) is 98.2 Å². The van der Waals surface area contributed by atoms with Crippen molar-refractivity contribution in [2.24, 2.45) is 0 Å². The van der Waals surface area contributed by atoms with E-state index in [4.69, 9.17) is 15.2 Å². The average molecular weight is 569 g/mol. The first-order valence-electron chi connectivity index (χ1n) is 14.9. The van der Waals surface area contributed by atoms with Crippen LogP contribution in [0.1, 0.15) is 58.1 Å². The molecule has 220 valence electrons. The molecule has 6 rings (SSSR count). The van der Waals surface area contributed by atoms with E-state index in [2.05, 4.69) is 33.2 Å². The van der Waals surface area contributed by atoms with Crippen molar-refractivity contribution in [3.05, 3.63) is 72.7 Å². The lowest BCUT2D eigenvalue weighted by molar-refractivity contribution is 0.00784. The van der Waals surface area contributed by atoms with E-state index in [0.717, 1.165) is 66.9 Å². The number of nitrogen functional groups attached to an aromatic ring is 1. The molecule has 42 heavy (non-hydrogen) atoms. The van der Waals surface area contributed by atoms with Gasteiger partial charge in [0.15, 0.2) is 5.82 Å². The van der Waals surface area contributed by atoms with Crippen LogP contribution in [0.5, 0.6) is 11.5 Å². The summed E-state index contributed by atoms with van der Waals surface area (Å²) in [6, 6.07) is 20.7. The fraction of sp³-hybridized carbons (Fsp3) is 0.424. The molecule has 0 unspecified atom stereocenters. The second-order valence-corrected chi connectivity index (χ2v) is 12.3. The Morgan fingerprint density at radius 3 is 2.24 bits per heavy atom. The molecule has 2 N–H and O–H groups in total. The van der Waals surface area contributed by atoms with Crippen molar-refractivity contribution < 1.29 is 14.3 Å². The van der Waals surface area contributed by atoms with Crippen molar-refractivity contribution >= 4 is 17.4 Å². The molecule has 2 aromatic carbocycles. The Morgan fingerprint density at radius 1 is 0.905 bits per heavy atom. The Balaban J connectivity index is 1.13. The van der Waals surface area contributed by atoms with Crippen molar-refractivity contribution in [1.82, 2.24) is 24.4 Å². The van der Waals surface area contributed by atoms with E-state index in [-0.39, 0.29) is 6.09 Å². The summed E-state index contributed by atoms with van der Waals surface area (Å²) in [6.07, 6.45) is 5.73. The van der Waals surface area contributed by atoms with Gasteiger partial charge >= 0.3 is 6.09 Å². The van der Waals surface area contributed by atoms with Gasteiger partial charge in [0.1, 0.15) is 28.9 Å². The maximum Gasteiger partial charge on any atom is 0.410 e. The number of carbonyl (C=O) groups excluding carboxylic acids is 1. The predicted octanol–water partition coefficient (Wildman–Crippen LogP) is 6.35. The number of nitrogens with zero attached hydrogens (tertiary/aromatic N) is 5. The Labute approximate surface area is 247 Å². The van der Waals surface area contributed by atoms with Gasteiger partial charge in [-0.3, -0.25) is 4.90 Å². The Kier molecular flexibility index (Phi) is 7.77. The monoisotopic (exact) mass is 568 g/mol. The van der Waals surface area contributed by atoms with Gasteiger partial charge in [-0.05, 0) is 82.3 Å². The first-order chi connectivity index (χ1) is 20.2. The lowest BCUT2D eigenvalue weighted by atomic mass is 9.83. The third kappa shape index (κ3) is 6.06. The number of amides is 1. The van der Waals surface area contributed by atoms with E-state index in [0.29, 0.717) is 30.9 Å². The number of piperazine rings is 1. The van der Waals surface area contributed by atoms with Gasteiger partial charge in [0.2, 0.25) is 0 Å². The number of rotatable bonds is 5. The van der Waals surface area contributed by atoms with Crippen LogP contribution in [0.3, 0.4) is 0 Å². The van der Waals surface area contributed by atoms with Gasteiger partial charge in [0.05, 0.1) is 0 Å². The van der Waals surface area contributed by atoms with E-state index in [9.17, 15) is 4.79 Å². The molecule has 2 aromatic heterocycles. The Morgan fingerprint density at radius 2 is 1.57 bits per heavy atom. The van der Waals surface area contributed by atoms with Crippen molar-refractivity contribution in [2.45, 2.75) is 64.0 Å². The minimum absolute atomic E-state index is 0.207. The minimum atomic E-state index is -0.467. The van der Waals surface area contributed by atoms with Gasteiger partial charge in [-0.2, -0.15) is 5.10 Å². The van der Waals surface area contributed by atoms with E-state index in [1.807, 2.05) is 72.7 Å². The van der Waals surface area contributed by atoms with Crippen LogP contribution in [0.25, 0.3) is 16.6 Å². The van der Waals surface area contributed by atoms with E-state index in [1.54, 1.807) is 6.33 Å². The number of hydrogen-bond acceptors (Lipinski definition) is 7. The highest BCUT2D eigenvalue weighted by Crippen LogP contribution is 2.40. The third-order valence-electron chi connectivity index (χ3n) is 8.35. The molecule has 0 spiro atoms. The van der Waals surface area contributed by atoms with Crippen molar-refractivity contribution in [3.63, 3.8) is 0 Å². The lowest BCUT2D eigenvalue weighted by Gasteiger charge is -2.42. The average Bonchev–Trinajstić information content (AvgIpc) is 3.38. The summed E-state index contributed by atoms with van der Waals surface area (Å²) >= 11 is 0. The first-order valence-corrected chi connectivity index (χ1v) is 14.9. The number of ether oxygens (including phenoxy) is 2. The fourth-order valence-electron chi connectivity index (χ4n) is 6.26. The highest BCUT2D eigenvalue weighted by Gasteiger charge is 2.33. The van der Waals surface area contributed by atoms with Crippen molar-refractivity contribution in [3.8, 4) is 22.6 Å². The second-order valence-electron chi connectivity index (χ2n) is 12.3. The molecule has 3 heterocycles. The lowest BCUT2D eigenvalue weighted by Crippen LogP contribution is -2.53. The molecule has 4 aromatic rings. The van der Waals surface area contributed by atoms with Gasteiger partial charge < -0.3 is 20.1 Å². The molecule has 2 aliphatic rings. The van der Waals surface area contributed by atoms with Crippen molar-refractivity contribution in [2.75, 3.05) is 31.9 Å². The molecule has 1 saturated heterocycles. The number of anilines is 1. The highest BCUT2D eigenvalue weighted by atomic mass is 16.6. The van der Waals surface area contributed by atoms with Crippen LogP contribution < -0.4 is 10.5 Å². The number of carbonyl (C=O) groups is 1. The normalized spacial score (nSPS) is 20.0. The molecular weight excluding hydrogens is 528 g/mol. The molecule has 9 nitrogen and oxygen atoms in total. The zero-order chi connectivity index (χ0) is 29.3. The Hall–Kier alpha value is -4.11. The van der Waals surface area contributed by atoms with Crippen LogP contribution in [0, 0.1) is 0 Å². The summed E-state index contributed by atoms with van der Waals surface area (Å²) in [6.45, 7) is 8.94. The summed E-state index contributed by atoms with van der Waals surface area (Å²) in [5.41, 5.74) is 10.1. The minimum Gasteiger partial charge on any atom is -0.457 e. The number of nitrogens with two attached hydrogens (primary N) is 1. The van der Waals surface area contributed by atoms with Gasteiger partial charge in [0, 0.05) is 49.4 Å². The summed E-state index contributed by atoms with van der Waals surface area (Å²) in [7, 11) is 0. The summed E-state index contributed by atoms with van der Waals surface area (Å²) in [4.78, 5) is 21.2. The first kappa shape index (κ1) is 28.0.